The maximum absolute atomic E-state index is 12.3. The van der Waals surface area contributed by atoms with Crippen molar-refractivity contribution in [2.45, 2.75) is 96.7 Å². The van der Waals surface area contributed by atoms with Gasteiger partial charge in [0.25, 0.3) is 0 Å². The van der Waals surface area contributed by atoms with Gasteiger partial charge in [0.15, 0.2) is 0 Å². The molecule has 1 rings (SSSR count). The Morgan fingerprint density at radius 2 is 1.97 bits per heavy atom. The summed E-state index contributed by atoms with van der Waals surface area (Å²) in [6.45, 7) is 4.36. The highest BCUT2D eigenvalue weighted by Crippen LogP contribution is 2.34. The minimum absolute atomic E-state index is 0.0898. The molecule has 5 atom stereocenters. The van der Waals surface area contributed by atoms with Gasteiger partial charge in [0.1, 0.15) is 5.78 Å². The van der Waals surface area contributed by atoms with Crippen LogP contribution in [0.2, 0.25) is 0 Å². The highest BCUT2D eigenvalue weighted by molar-refractivity contribution is 5.84. The first-order chi connectivity index (χ1) is 13.8. The first kappa shape index (κ1) is 25.6. The molecule has 5 heteroatoms. The van der Waals surface area contributed by atoms with Gasteiger partial charge in [-0.3, -0.25) is 4.79 Å². The Balaban J connectivity index is 2.43. The van der Waals surface area contributed by atoms with Gasteiger partial charge in [-0.25, -0.2) is 4.79 Å². The fourth-order valence-electron chi connectivity index (χ4n) is 4.19. The molecule has 0 aliphatic heterocycles. The molecule has 0 heterocycles. The summed E-state index contributed by atoms with van der Waals surface area (Å²) in [7, 11) is 0. The number of hydrogen-bond acceptors (Lipinski definition) is 4. The van der Waals surface area contributed by atoms with Crippen molar-refractivity contribution in [3.63, 3.8) is 0 Å². The minimum atomic E-state index is -0.946. The number of carbonyl (C=O) groups is 2. The predicted molar refractivity (Wildman–Crippen MR) is 116 cm³/mol. The van der Waals surface area contributed by atoms with Crippen LogP contribution in [0.4, 0.5) is 0 Å². The Morgan fingerprint density at radius 3 is 2.66 bits per heavy atom. The molecule has 0 aromatic rings. The van der Waals surface area contributed by atoms with Crippen molar-refractivity contribution in [1.82, 2.24) is 0 Å². The fourth-order valence-corrected chi connectivity index (χ4v) is 4.19. The number of rotatable bonds is 15. The Morgan fingerprint density at radius 1 is 1.21 bits per heavy atom. The van der Waals surface area contributed by atoms with Crippen molar-refractivity contribution >= 4 is 11.8 Å². The Bertz CT molecular complexity index is 539. The largest absolute Gasteiger partial charge is 0.478 e. The van der Waals surface area contributed by atoms with Crippen molar-refractivity contribution in [2.24, 2.45) is 17.8 Å². The van der Waals surface area contributed by atoms with Crippen LogP contribution in [0, 0.1) is 17.8 Å². The molecule has 29 heavy (non-hydrogen) atoms. The van der Waals surface area contributed by atoms with E-state index in [1.807, 2.05) is 6.08 Å². The van der Waals surface area contributed by atoms with Crippen LogP contribution in [0.5, 0.6) is 0 Å². The molecule has 1 aliphatic carbocycles. The van der Waals surface area contributed by atoms with Gasteiger partial charge in [0, 0.05) is 24.3 Å². The second kappa shape index (κ2) is 14.5. The van der Waals surface area contributed by atoms with Crippen LogP contribution in [0.1, 0.15) is 84.5 Å². The molecule has 1 aliphatic rings. The van der Waals surface area contributed by atoms with E-state index in [0.29, 0.717) is 25.2 Å². The number of aliphatic hydroxyl groups is 2. The summed E-state index contributed by atoms with van der Waals surface area (Å²) < 4.78 is 0. The maximum atomic E-state index is 12.3. The quantitative estimate of drug-likeness (QED) is 0.208. The van der Waals surface area contributed by atoms with Crippen LogP contribution in [0.15, 0.2) is 24.3 Å². The Hall–Kier alpha value is -1.46. The third kappa shape index (κ3) is 10.8. The van der Waals surface area contributed by atoms with Crippen LogP contribution in [-0.4, -0.2) is 39.3 Å². The zero-order valence-electron chi connectivity index (χ0n) is 18.1. The van der Waals surface area contributed by atoms with E-state index in [4.69, 9.17) is 5.11 Å². The monoisotopic (exact) mass is 408 g/mol. The van der Waals surface area contributed by atoms with Crippen molar-refractivity contribution in [3.8, 4) is 0 Å². The van der Waals surface area contributed by atoms with Crippen LogP contribution in [0.3, 0.4) is 0 Å². The van der Waals surface area contributed by atoms with E-state index in [2.05, 4.69) is 13.8 Å². The number of carboxylic acids is 1. The van der Waals surface area contributed by atoms with Gasteiger partial charge in [-0.05, 0) is 31.6 Å². The summed E-state index contributed by atoms with van der Waals surface area (Å²) >= 11 is 0. The number of aliphatic carboxylic acids is 1. The molecule has 0 saturated heterocycles. The standard InChI is InChI=1S/C24H40O5/c1-3-4-5-8-11-18(2)16-19(25)14-15-21-20(22(26)17-23(21)27)12-9-6-7-10-13-24(28)29/h10,13-15,18-21,23,25,27H,3-9,11-12,16-17H2,1-2H3,(H,28,29)/b13-10+,15-14+/t18-,19+,20+,21+,23+/m0/s1. The number of hydrogen-bond donors (Lipinski definition) is 3. The van der Waals surface area contributed by atoms with Gasteiger partial charge in [0.05, 0.1) is 12.2 Å². The lowest BCUT2D eigenvalue weighted by molar-refractivity contribution is -0.131. The van der Waals surface area contributed by atoms with Crippen LogP contribution >= 0.6 is 0 Å². The number of aliphatic hydroxyl groups excluding tert-OH is 2. The molecule has 0 amide bonds. The summed E-state index contributed by atoms with van der Waals surface area (Å²) in [5.41, 5.74) is 0. The molecule has 166 valence electrons. The summed E-state index contributed by atoms with van der Waals surface area (Å²) in [5, 5.41) is 29.2. The Labute approximate surface area is 175 Å². The second-order valence-corrected chi connectivity index (χ2v) is 8.59. The smallest absolute Gasteiger partial charge is 0.327 e. The second-order valence-electron chi connectivity index (χ2n) is 8.59. The molecule has 5 nitrogen and oxygen atoms in total. The third-order valence-corrected chi connectivity index (χ3v) is 5.88. The average molecular weight is 409 g/mol. The van der Waals surface area contributed by atoms with Gasteiger partial charge in [0.2, 0.25) is 0 Å². The molecule has 0 unspecified atom stereocenters. The van der Waals surface area contributed by atoms with Gasteiger partial charge < -0.3 is 15.3 Å². The van der Waals surface area contributed by atoms with E-state index in [9.17, 15) is 19.8 Å². The first-order valence-corrected chi connectivity index (χ1v) is 11.3. The number of allylic oxidation sites excluding steroid dienone is 1. The van der Waals surface area contributed by atoms with Crippen molar-refractivity contribution in [1.29, 1.82) is 0 Å². The summed E-state index contributed by atoms with van der Waals surface area (Å²) in [4.78, 5) is 22.7. The predicted octanol–water partition coefficient (Wildman–Crippen LogP) is 4.67. The van der Waals surface area contributed by atoms with Gasteiger partial charge in [-0.15, -0.1) is 0 Å². The average Bonchev–Trinajstić information content (AvgIpc) is 2.92. The molecule has 0 spiro atoms. The lowest BCUT2D eigenvalue weighted by atomic mass is 9.88. The lowest BCUT2D eigenvalue weighted by Crippen LogP contribution is -2.19. The van der Waals surface area contributed by atoms with E-state index < -0.39 is 18.2 Å². The molecule has 1 fully saturated rings. The van der Waals surface area contributed by atoms with Gasteiger partial charge in [-0.2, -0.15) is 0 Å². The lowest BCUT2D eigenvalue weighted by Gasteiger charge is -2.19. The highest BCUT2D eigenvalue weighted by Gasteiger charge is 2.39. The number of ketones is 1. The van der Waals surface area contributed by atoms with E-state index in [0.717, 1.165) is 25.3 Å². The highest BCUT2D eigenvalue weighted by atomic mass is 16.4. The van der Waals surface area contributed by atoms with E-state index in [-0.39, 0.29) is 24.0 Å². The van der Waals surface area contributed by atoms with E-state index in [1.54, 1.807) is 12.2 Å². The molecule has 0 aromatic heterocycles. The molecule has 0 radical (unpaired) electrons. The summed E-state index contributed by atoms with van der Waals surface area (Å²) in [6.07, 6.45) is 15.1. The normalized spacial score (nSPS) is 24.6. The molecule has 0 aromatic carbocycles. The minimum Gasteiger partial charge on any atom is -0.478 e. The van der Waals surface area contributed by atoms with Crippen molar-refractivity contribution in [2.75, 3.05) is 0 Å². The number of carbonyl (C=O) groups excluding carboxylic acids is 1. The van der Waals surface area contributed by atoms with Gasteiger partial charge >= 0.3 is 5.97 Å². The Kier molecular flexibility index (Phi) is 12.8. The van der Waals surface area contributed by atoms with E-state index >= 15 is 0 Å². The maximum Gasteiger partial charge on any atom is 0.327 e. The van der Waals surface area contributed by atoms with Crippen LogP contribution in [-0.2, 0) is 9.59 Å². The van der Waals surface area contributed by atoms with E-state index in [1.165, 1.54) is 25.7 Å². The number of carboxylic acid groups (broad SMARTS) is 1. The molecule has 3 N–H and O–H groups in total. The fraction of sp³-hybridized carbons (Fsp3) is 0.750. The molecule has 1 saturated carbocycles. The van der Waals surface area contributed by atoms with Gasteiger partial charge in [-0.1, -0.05) is 70.6 Å². The summed E-state index contributed by atoms with van der Waals surface area (Å²) in [5.74, 6) is -0.837. The molecular formula is C24H40O5. The topological polar surface area (TPSA) is 94.8 Å². The van der Waals surface area contributed by atoms with Crippen LogP contribution < -0.4 is 0 Å². The van der Waals surface area contributed by atoms with Crippen molar-refractivity contribution in [3.05, 3.63) is 24.3 Å². The number of Topliss-reactive ketones (excluding diaryl/α,β-unsaturated/α-hetero) is 1. The van der Waals surface area contributed by atoms with Crippen LogP contribution in [0.25, 0.3) is 0 Å². The molecule has 0 bridgehead atoms. The SMILES string of the molecule is CCCCCC[C@H](C)C[C@H](O)/C=C/[C@H]1[C@H](O)CC(=O)[C@@H]1CCCC/C=C/C(=O)O. The first-order valence-electron chi connectivity index (χ1n) is 11.3. The summed E-state index contributed by atoms with van der Waals surface area (Å²) in [6, 6.07) is 0. The third-order valence-electron chi connectivity index (χ3n) is 5.88. The van der Waals surface area contributed by atoms with Crippen molar-refractivity contribution < 1.29 is 24.9 Å². The zero-order chi connectivity index (χ0) is 21.6. The molecular weight excluding hydrogens is 368 g/mol. The zero-order valence-corrected chi connectivity index (χ0v) is 18.1. The number of unbranched alkanes of at least 4 members (excludes halogenated alkanes) is 5.